The van der Waals surface area contributed by atoms with Crippen molar-refractivity contribution in [3.05, 3.63) is 77.1 Å². The van der Waals surface area contributed by atoms with Crippen LogP contribution in [0.4, 0.5) is 5.69 Å². The number of aromatic nitrogens is 3. The number of rotatable bonds is 6. The van der Waals surface area contributed by atoms with Crippen molar-refractivity contribution >= 4 is 46.3 Å². The van der Waals surface area contributed by atoms with Crippen LogP contribution in [0.1, 0.15) is 0 Å². The smallest absolute Gasteiger partial charge is 0.234 e. The van der Waals surface area contributed by atoms with E-state index >= 15 is 0 Å². The Labute approximate surface area is 175 Å². The van der Waals surface area contributed by atoms with Crippen LogP contribution in [-0.4, -0.2) is 26.4 Å². The molecule has 2 aromatic heterocycles. The zero-order valence-corrected chi connectivity index (χ0v) is 17.0. The van der Waals surface area contributed by atoms with E-state index in [-0.39, 0.29) is 11.7 Å². The molecule has 0 spiro atoms. The number of nitrogens with one attached hydrogen (secondary N) is 1. The van der Waals surface area contributed by atoms with E-state index in [1.54, 1.807) is 35.6 Å². The van der Waals surface area contributed by atoms with Gasteiger partial charge in [-0.1, -0.05) is 53.7 Å². The summed E-state index contributed by atoms with van der Waals surface area (Å²) < 4.78 is 1.98. The third-order valence-corrected chi connectivity index (χ3v) is 5.86. The van der Waals surface area contributed by atoms with Crippen LogP contribution < -0.4 is 5.32 Å². The lowest BCUT2D eigenvalue weighted by atomic mass is 10.3. The summed E-state index contributed by atoms with van der Waals surface area (Å²) in [4.78, 5) is 13.4. The molecule has 1 amide bonds. The van der Waals surface area contributed by atoms with Gasteiger partial charge in [0.25, 0.3) is 0 Å². The second kappa shape index (κ2) is 8.60. The predicted octanol–water partition coefficient (Wildman–Crippen LogP) is 5.38. The number of benzene rings is 2. The molecule has 28 heavy (non-hydrogen) atoms. The molecule has 0 atom stereocenters. The van der Waals surface area contributed by atoms with Crippen molar-refractivity contribution in [3.8, 4) is 16.4 Å². The fourth-order valence-corrected chi connectivity index (χ4v) is 4.27. The van der Waals surface area contributed by atoms with Crippen LogP contribution in [0, 0.1) is 0 Å². The fourth-order valence-electron chi connectivity index (χ4n) is 2.63. The van der Waals surface area contributed by atoms with Gasteiger partial charge in [0, 0.05) is 16.4 Å². The summed E-state index contributed by atoms with van der Waals surface area (Å²) in [7, 11) is 0. The Balaban J connectivity index is 1.55. The van der Waals surface area contributed by atoms with Gasteiger partial charge in [0.05, 0.1) is 10.6 Å². The summed E-state index contributed by atoms with van der Waals surface area (Å²) in [6, 6.07) is 21.0. The van der Waals surface area contributed by atoms with Crippen molar-refractivity contribution in [2.24, 2.45) is 0 Å². The topological polar surface area (TPSA) is 59.8 Å². The quantitative estimate of drug-likeness (QED) is 0.420. The molecular formula is C20H15ClN4OS2. The number of carbonyl (C=O) groups is 1. The first-order valence-corrected chi connectivity index (χ1v) is 10.7. The van der Waals surface area contributed by atoms with Crippen molar-refractivity contribution in [3.63, 3.8) is 0 Å². The number of anilines is 1. The molecule has 1 N–H and O–H groups in total. The highest BCUT2D eigenvalue weighted by Crippen LogP contribution is 2.30. The lowest BCUT2D eigenvalue weighted by Crippen LogP contribution is -2.14. The summed E-state index contributed by atoms with van der Waals surface area (Å²) in [6.07, 6.45) is 0. The van der Waals surface area contributed by atoms with Crippen molar-refractivity contribution in [1.82, 2.24) is 14.8 Å². The van der Waals surface area contributed by atoms with Crippen molar-refractivity contribution in [2.75, 3.05) is 11.1 Å². The number of nitrogens with zero attached hydrogens (tertiary/aromatic N) is 3. The minimum atomic E-state index is -0.132. The van der Waals surface area contributed by atoms with Gasteiger partial charge in [-0.25, -0.2) is 0 Å². The zero-order chi connectivity index (χ0) is 19.3. The van der Waals surface area contributed by atoms with E-state index in [9.17, 15) is 4.79 Å². The van der Waals surface area contributed by atoms with E-state index in [1.807, 2.05) is 52.4 Å². The Morgan fingerprint density at radius 1 is 1.07 bits per heavy atom. The first kappa shape index (κ1) is 18.7. The molecule has 0 saturated heterocycles. The number of hydrogen-bond acceptors (Lipinski definition) is 5. The van der Waals surface area contributed by atoms with Gasteiger partial charge in [-0.05, 0) is 41.8 Å². The van der Waals surface area contributed by atoms with Gasteiger partial charge in [0.1, 0.15) is 0 Å². The van der Waals surface area contributed by atoms with E-state index in [0.29, 0.717) is 15.9 Å². The maximum atomic E-state index is 12.3. The van der Waals surface area contributed by atoms with Crippen molar-refractivity contribution in [2.45, 2.75) is 5.16 Å². The first-order chi connectivity index (χ1) is 13.7. The van der Waals surface area contributed by atoms with Gasteiger partial charge in [-0.2, -0.15) is 0 Å². The summed E-state index contributed by atoms with van der Waals surface area (Å²) in [6.45, 7) is 0. The molecule has 2 aromatic carbocycles. The Morgan fingerprint density at radius 3 is 2.68 bits per heavy atom. The monoisotopic (exact) mass is 426 g/mol. The largest absolute Gasteiger partial charge is 0.325 e. The highest BCUT2D eigenvalue weighted by molar-refractivity contribution is 7.99. The summed E-state index contributed by atoms with van der Waals surface area (Å²) in [5, 5.41) is 14.8. The van der Waals surface area contributed by atoms with E-state index in [2.05, 4.69) is 15.5 Å². The zero-order valence-electron chi connectivity index (χ0n) is 14.6. The van der Waals surface area contributed by atoms with Gasteiger partial charge < -0.3 is 5.32 Å². The second-order valence-corrected chi connectivity index (χ2v) is 8.13. The number of hydrogen-bond donors (Lipinski definition) is 1. The van der Waals surface area contributed by atoms with Gasteiger partial charge >= 0.3 is 0 Å². The SMILES string of the molecule is O=C(CSc1nnc(-c2cccs2)n1-c1ccccc1)Nc1cccc(Cl)c1. The second-order valence-electron chi connectivity index (χ2n) is 5.80. The van der Waals surface area contributed by atoms with Gasteiger partial charge in [0.15, 0.2) is 11.0 Å². The molecule has 4 aromatic rings. The van der Waals surface area contributed by atoms with Gasteiger partial charge in [-0.3, -0.25) is 9.36 Å². The van der Waals surface area contributed by atoms with Crippen LogP contribution in [0.15, 0.2) is 77.3 Å². The van der Waals surface area contributed by atoms with Crippen molar-refractivity contribution in [1.29, 1.82) is 0 Å². The number of para-hydroxylation sites is 1. The van der Waals surface area contributed by atoms with Crippen LogP contribution in [-0.2, 0) is 4.79 Å². The summed E-state index contributed by atoms with van der Waals surface area (Å²) in [5.41, 5.74) is 1.62. The van der Waals surface area contributed by atoms with Crippen LogP contribution in [0.5, 0.6) is 0 Å². The van der Waals surface area contributed by atoms with E-state index < -0.39 is 0 Å². The summed E-state index contributed by atoms with van der Waals surface area (Å²) >= 11 is 8.91. The molecule has 0 aliphatic heterocycles. The molecule has 2 heterocycles. The Hall–Kier alpha value is -2.61. The molecule has 4 rings (SSSR count). The lowest BCUT2D eigenvalue weighted by molar-refractivity contribution is -0.113. The maximum Gasteiger partial charge on any atom is 0.234 e. The number of halogens is 1. The predicted molar refractivity (Wildman–Crippen MR) is 115 cm³/mol. The third kappa shape index (κ3) is 4.27. The number of thiophene rings is 1. The number of carbonyl (C=O) groups excluding carboxylic acids is 1. The Morgan fingerprint density at radius 2 is 1.93 bits per heavy atom. The van der Waals surface area contributed by atoms with E-state index in [4.69, 9.17) is 11.6 Å². The molecule has 0 unspecified atom stereocenters. The van der Waals surface area contributed by atoms with Crippen LogP contribution in [0.25, 0.3) is 16.4 Å². The Kier molecular flexibility index (Phi) is 5.76. The molecule has 0 saturated carbocycles. The molecule has 5 nitrogen and oxygen atoms in total. The normalized spacial score (nSPS) is 10.8. The molecule has 0 aliphatic carbocycles. The van der Waals surface area contributed by atoms with E-state index in [0.717, 1.165) is 16.4 Å². The average molecular weight is 427 g/mol. The van der Waals surface area contributed by atoms with E-state index in [1.165, 1.54) is 11.8 Å². The lowest BCUT2D eigenvalue weighted by Gasteiger charge is -2.09. The molecular weight excluding hydrogens is 412 g/mol. The summed E-state index contributed by atoms with van der Waals surface area (Å²) in [5.74, 6) is 0.841. The number of amides is 1. The van der Waals surface area contributed by atoms with Gasteiger partial charge in [-0.15, -0.1) is 21.5 Å². The van der Waals surface area contributed by atoms with Crippen LogP contribution >= 0.6 is 34.7 Å². The highest BCUT2D eigenvalue weighted by atomic mass is 35.5. The minimum Gasteiger partial charge on any atom is -0.325 e. The maximum absolute atomic E-state index is 12.3. The van der Waals surface area contributed by atoms with Crippen molar-refractivity contribution < 1.29 is 4.79 Å². The molecule has 0 radical (unpaired) electrons. The van der Waals surface area contributed by atoms with Crippen LogP contribution in [0.2, 0.25) is 5.02 Å². The number of thioether (sulfide) groups is 1. The molecule has 0 bridgehead atoms. The molecule has 140 valence electrons. The fraction of sp³-hybridized carbons (Fsp3) is 0.0500. The van der Waals surface area contributed by atoms with Crippen LogP contribution in [0.3, 0.4) is 0 Å². The van der Waals surface area contributed by atoms with Gasteiger partial charge in [0.2, 0.25) is 5.91 Å². The molecule has 0 aliphatic rings. The first-order valence-electron chi connectivity index (χ1n) is 8.43. The molecule has 0 fully saturated rings. The minimum absolute atomic E-state index is 0.132. The molecule has 8 heteroatoms. The average Bonchev–Trinajstić information content (AvgIpc) is 3.36. The highest BCUT2D eigenvalue weighted by Gasteiger charge is 2.17. The Bertz CT molecular complexity index is 1080. The third-order valence-electron chi connectivity index (χ3n) is 3.83. The standard InChI is InChI=1S/C20H15ClN4OS2/c21-14-6-4-7-15(12-14)22-18(26)13-28-20-24-23-19(17-10-5-11-27-17)25(20)16-8-2-1-3-9-16/h1-12H,13H2,(H,22,26).